The number of carbonyl (C=O) groups is 1. The van der Waals surface area contributed by atoms with Gasteiger partial charge < -0.3 is 14.3 Å². The minimum Gasteiger partial charge on any atom is -0.385 e. The van der Waals surface area contributed by atoms with E-state index in [1.807, 2.05) is 6.92 Å². The second kappa shape index (κ2) is 14.7. The zero-order valence-electron chi connectivity index (χ0n) is 25.8. The summed E-state index contributed by atoms with van der Waals surface area (Å²) in [5.74, 6) is -0.139. The number of halogens is 1. The van der Waals surface area contributed by atoms with Crippen molar-refractivity contribution in [1.29, 1.82) is 0 Å². The van der Waals surface area contributed by atoms with Crippen molar-refractivity contribution in [3.8, 4) is 11.4 Å². The number of ether oxygens (including phenoxy) is 1. The molecule has 0 unspecified atom stereocenters. The van der Waals surface area contributed by atoms with Crippen molar-refractivity contribution in [3.63, 3.8) is 0 Å². The normalized spacial score (nSPS) is 11.3. The van der Waals surface area contributed by atoms with Crippen molar-refractivity contribution in [2.24, 2.45) is 0 Å². The Morgan fingerprint density at radius 1 is 0.957 bits per heavy atom. The molecule has 5 aromatic rings. The maximum Gasteiger partial charge on any atom is 0.332 e. The SMILES string of the molecule is CCCn1c(=O)c2[nH]c(-c3ccc(N(CCCn4ccccc4=O)C(=O)c4ccc(F)cc4)nc3)nc2n(CCCCOC)c1=O. The van der Waals surface area contributed by atoms with Gasteiger partial charge in [-0.3, -0.25) is 28.4 Å². The number of fused-ring (bicyclic) bond motifs is 1. The average molecular weight is 630 g/mol. The molecule has 0 aliphatic rings. The van der Waals surface area contributed by atoms with Crippen molar-refractivity contribution in [3.05, 3.63) is 110 Å². The van der Waals surface area contributed by atoms with Crippen LogP contribution in [0.15, 0.2) is 81.4 Å². The Hall–Kier alpha value is -5.17. The Bertz CT molecular complexity index is 1980. The largest absolute Gasteiger partial charge is 0.385 e. The Morgan fingerprint density at radius 2 is 1.76 bits per heavy atom. The zero-order valence-corrected chi connectivity index (χ0v) is 25.8. The van der Waals surface area contributed by atoms with E-state index in [0.717, 1.165) is 6.42 Å². The van der Waals surface area contributed by atoms with Gasteiger partial charge in [0, 0.05) is 69.5 Å². The smallest absolute Gasteiger partial charge is 0.332 e. The fraction of sp³-hybridized carbons (Fsp3) is 0.333. The van der Waals surface area contributed by atoms with Gasteiger partial charge in [-0.25, -0.2) is 19.2 Å². The molecule has 1 N–H and O–H groups in total. The molecule has 0 aliphatic carbocycles. The van der Waals surface area contributed by atoms with E-state index < -0.39 is 17.1 Å². The molecule has 4 heterocycles. The lowest BCUT2D eigenvalue weighted by Gasteiger charge is -2.22. The number of benzene rings is 1. The van der Waals surface area contributed by atoms with Crippen LogP contribution in [0.1, 0.15) is 43.0 Å². The summed E-state index contributed by atoms with van der Waals surface area (Å²) in [6.07, 6.45) is 5.70. The van der Waals surface area contributed by atoms with E-state index in [2.05, 4.69) is 15.0 Å². The number of hydrogen-bond donors (Lipinski definition) is 1. The van der Waals surface area contributed by atoms with Crippen LogP contribution >= 0.6 is 0 Å². The van der Waals surface area contributed by atoms with Gasteiger partial charge in [0.2, 0.25) is 5.56 Å². The van der Waals surface area contributed by atoms with Gasteiger partial charge in [-0.15, -0.1) is 0 Å². The Balaban J connectivity index is 1.46. The summed E-state index contributed by atoms with van der Waals surface area (Å²) in [7, 11) is 1.62. The van der Waals surface area contributed by atoms with Gasteiger partial charge in [-0.1, -0.05) is 13.0 Å². The predicted molar refractivity (Wildman–Crippen MR) is 173 cm³/mol. The highest BCUT2D eigenvalue weighted by Gasteiger charge is 2.21. The fourth-order valence-corrected chi connectivity index (χ4v) is 5.24. The molecule has 240 valence electrons. The number of aromatic amines is 1. The molecule has 13 heteroatoms. The van der Waals surface area contributed by atoms with Crippen LogP contribution in [0.4, 0.5) is 10.2 Å². The van der Waals surface area contributed by atoms with Crippen LogP contribution in [0.3, 0.4) is 0 Å². The van der Waals surface area contributed by atoms with Crippen molar-refractivity contribution in [1.82, 2.24) is 28.7 Å². The Morgan fingerprint density at radius 3 is 2.46 bits per heavy atom. The lowest BCUT2D eigenvalue weighted by atomic mass is 10.2. The van der Waals surface area contributed by atoms with Gasteiger partial charge in [-0.2, -0.15) is 0 Å². The summed E-state index contributed by atoms with van der Waals surface area (Å²) in [5.41, 5.74) is 0.335. The topological polar surface area (TPSA) is 137 Å². The predicted octanol–water partition coefficient (Wildman–Crippen LogP) is 3.82. The maximum absolute atomic E-state index is 13.6. The molecule has 0 fully saturated rings. The number of methoxy groups -OCH3 is 1. The van der Waals surface area contributed by atoms with Gasteiger partial charge in [-0.05, 0) is 68.1 Å². The van der Waals surface area contributed by atoms with Crippen LogP contribution in [0.25, 0.3) is 22.6 Å². The first kappa shape index (κ1) is 32.2. The van der Waals surface area contributed by atoms with Gasteiger partial charge in [0.05, 0.1) is 0 Å². The molecule has 0 spiro atoms. The summed E-state index contributed by atoms with van der Waals surface area (Å²) in [6.45, 7) is 3.73. The second-order valence-electron chi connectivity index (χ2n) is 10.8. The molecule has 5 rings (SSSR count). The van der Waals surface area contributed by atoms with Crippen molar-refractivity contribution < 1.29 is 13.9 Å². The molecule has 4 aromatic heterocycles. The molecule has 0 saturated heterocycles. The van der Waals surface area contributed by atoms with E-state index in [9.17, 15) is 23.6 Å². The van der Waals surface area contributed by atoms with E-state index in [0.29, 0.717) is 56.2 Å². The summed E-state index contributed by atoms with van der Waals surface area (Å²) in [6, 6.07) is 13.5. The standard InChI is InChI=1S/C33H36FN7O5/c1-3-16-41-32(44)28-30(40(33(41)45)19-6-7-21-46-2)37-29(36-28)24-12-15-26(35-22-24)39(31(43)23-10-13-25(34)14-11-23)20-8-18-38-17-5-4-9-27(38)42/h4-5,9-15,17,22H,3,6-8,16,18-21H2,1-2H3,(H,36,37). The van der Waals surface area contributed by atoms with Crippen molar-refractivity contribution in [2.75, 3.05) is 25.2 Å². The lowest BCUT2D eigenvalue weighted by Crippen LogP contribution is -2.40. The summed E-state index contributed by atoms with van der Waals surface area (Å²) in [4.78, 5) is 66.0. The number of H-pyrrole nitrogens is 1. The number of imidazole rings is 1. The number of aromatic nitrogens is 6. The van der Waals surface area contributed by atoms with Gasteiger partial charge in [0.25, 0.3) is 11.5 Å². The monoisotopic (exact) mass is 629 g/mol. The van der Waals surface area contributed by atoms with Gasteiger partial charge in [0.15, 0.2) is 5.65 Å². The van der Waals surface area contributed by atoms with Gasteiger partial charge in [0.1, 0.15) is 23.0 Å². The van der Waals surface area contributed by atoms with Crippen LogP contribution in [0.2, 0.25) is 0 Å². The van der Waals surface area contributed by atoms with Crippen LogP contribution in [0, 0.1) is 5.82 Å². The average Bonchev–Trinajstić information content (AvgIpc) is 3.51. The molecule has 0 aliphatic heterocycles. The van der Waals surface area contributed by atoms with Crippen LogP contribution in [-0.2, 0) is 24.4 Å². The number of rotatable bonds is 14. The number of pyridine rings is 2. The number of nitrogens with zero attached hydrogens (tertiary/aromatic N) is 6. The number of nitrogens with one attached hydrogen (secondary N) is 1. The van der Waals surface area contributed by atoms with Gasteiger partial charge >= 0.3 is 5.69 Å². The first-order chi connectivity index (χ1) is 22.3. The van der Waals surface area contributed by atoms with Crippen molar-refractivity contribution in [2.45, 2.75) is 52.2 Å². The number of anilines is 1. The molecule has 0 saturated carbocycles. The highest BCUT2D eigenvalue weighted by molar-refractivity contribution is 6.05. The van der Waals surface area contributed by atoms with E-state index in [-0.39, 0.29) is 41.3 Å². The molecular weight excluding hydrogens is 593 g/mol. The molecule has 0 radical (unpaired) electrons. The summed E-state index contributed by atoms with van der Waals surface area (Å²) < 4.78 is 23.0. The third-order valence-electron chi connectivity index (χ3n) is 7.60. The fourth-order valence-electron chi connectivity index (χ4n) is 5.24. The first-order valence-electron chi connectivity index (χ1n) is 15.2. The van der Waals surface area contributed by atoms with E-state index in [1.165, 1.54) is 50.6 Å². The molecule has 1 amide bonds. The molecule has 1 aromatic carbocycles. The third kappa shape index (κ3) is 7.04. The Kier molecular flexibility index (Phi) is 10.3. The second-order valence-corrected chi connectivity index (χ2v) is 10.8. The van der Waals surface area contributed by atoms with Crippen LogP contribution < -0.4 is 21.7 Å². The molecule has 46 heavy (non-hydrogen) atoms. The molecule has 0 atom stereocenters. The zero-order chi connectivity index (χ0) is 32.6. The van der Waals surface area contributed by atoms with E-state index >= 15 is 0 Å². The highest BCUT2D eigenvalue weighted by Crippen LogP contribution is 2.22. The van der Waals surface area contributed by atoms with Crippen molar-refractivity contribution >= 4 is 22.9 Å². The van der Waals surface area contributed by atoms with E-state index in [1.54, 1.807) is 42.1 Å². The van der Waals surface area contributed by atoms with E-state index in [4.69, 9.17) is 4.74 Å². The maximum atomic E-state index is 13.6. The first-order valence-corrected chi connectivity index (χ1v) is 15.2. The summed E-state index contributed by atoms with van der Waals surface area (Å²) >= 11 is 0. The molecule has 12 nitrogen and oxygen atoms in total. The number of amides is 1. The molecule has 0 bridgehead atoms. The number of aryl methyl sites for hydroxylation is 2. The Labute approximate surface area is 263 Å². The minimum absolute atomic E-state index is 0.144. The summed E-state index contributed by atoms with van der Waals surface area (Å²) in [5, 5.41) is 0. The number of hydrogen-bond acceptors (Lipinski definition) is 7. The molecular formula is C33H36FN7O5. The quantitative estimate of drug-likeness (QED) is 0.184. The van der Waals surface area contributed by atoms with Crippen LogP contribution in [-0.4, -0.2) is 54.8 Å². The number of carbonyl (C=O) groups excluding carboxylic acids is 1. The number of unbranched alkanes of at least 4 members (excludes halogenated alkanes) is 1. The highest BCUT2D eigenvalue weighted by atomic mass is 19.1. The minimum atomic E-state index is -0.457. The third-order valence-corrected chi connectivity index (χ3v) is 7.60. The lowest BCUT2D eigenvalue weighted by molar-refractivity contribution is 0.0985. The van der Waals surface area contributed by atoms with Crippen LogP contribution in [0.5, 0.6) is 0 Å².